The first-order valence-corrected chi connectivity index (χ1v) is 10.6. The van der Waals surface area contributed by atoms with E-state index in [-0.39, 0.29) is 0 Å². The second-order valence-corrected chi connectivity index (χ2v) is 8.44. The number of ether oxygens (including phenoxy) is 1. The molecule has 1 aliphatic rings. The molecule has 0 aromatic carbocycles. The third-order valence-corrected chi connectivity index (χ3v) is 5.54. The number of nitrogen functional groups attached to an aromatic ring is 1. The van der Waals surface area contributed by atoms with Crippen LogP contribution in [0.4, 0.5) is 11.6 Å². The number of nitrogens with two attached hydrogens (primary N) is 1. The van der Waals surface area contributed by atoms with E-state index >= 15 is 0 Å². The van der Waals surface area contributed by atoms with Crippen molar-refractivity contribution in [1.29, 1.82) is 5.26 Å². The van der Waals surface area contributed by atoms with Crippen LogP contribution in [0.2, 0.25) is 0 Å². The van der Waals surface area contributed by atoms with Crippen molar-refractivity contribution in [3.63, 3.8) is 0 Å². The highest BCUT2D eigenvalue weighted by Gasteiger charge is 2.29. The largest absolute Gasteiger partial charge is 0.492 e. The highest BCUT2D eigenvalue weighted by atomic mass is 16.5. The summed E-state index contributed by atoms with van der Waals surface area (Å²) in [5, 5.41) is 18.2. The van der Waals surface area contributed by atoms with Crippen LogP contribution in [0.5, 0.6) is 5.75 Å². The number of nitrogens with zero attached hydrogens (tertiary/aromatic N) is 7. The molecule has 0 spiro atoms. The first-order valence-electron chi connectivity index (χ1n) is 10.6. The van der Waals surface area contributed by atoms with Gasteiger partial charge in [-0.25, -0.2) is 9.50 Å². The van der Waals surface area contributed by atoms with Crippen molar-refractivity contribution in [3.05, 3.63) is 54.6 Å². The third-order valence-electron chi connectivity index (χ3n) is 5.54. The smallest absolute Gasteiger partial charge is 0.145 e. The summed E-state index contributed by atoms with van der Waals surface area (Å²) in [5.74, 6) is 2.55. The second kappa shape index (κ2) is 7.89. The van der Waals surface area contributed by atoms with E-state index in [9.17, 15) is 5.26 Å². The Hall–Kier alpha value is -4.06. The Bertz CT molecular complexity index is 1290. The summed E-state index contributed by atoms with van der Waals surface area (Å²) >= 11 is 0. The number of hydrogen-bond acceptors (Lipinski definition) is 7. The van der Waals surface area contributed by atoms with E-state index in [0.717, 1.165) is 35.6 Å². The maximum Gasteiger partial charge on any atom is 0.145 e. The van der Waals surface area contributed by atoms with Gasteiger partial charge in [0.1, 0.15) is 23.5 Å². The van der Waals surface area contributed by atoms with Crippen LogP contribution >= 0.6 is 0 Å². The predicted molar refractivity (Wildman–Crippen MR) is 121 cm³/mol. The molecule has 5 rings (SSSR count). The molecule has 4 aromatic heterocycles. The molecule has 1 fully saturated rings. The monoisotopic (exact) mass is 428 g/mol. The van der Waals surface area contributed by atoms with Gasteiger partial charge in [0.25, 0.3) is 0 Å². The van der Waals surface area contributed by atoms with Gasteiger partial charge in [-0.1, -0.05) is 13.8 Å². The first kappa shape index (κ1) is 19.9. The van der Waals surface area contributed by atoms with Gasteiger partial charge in [0.15, 0.2) is 0 Å². The number of fused-ring (bicyclic) bond motifs is 1. The summed E-state index contributed by atoms with van der Waals surface area (Å²) in [6, 6.07) is 10.3. The van der Waals surface area contributed by atoms with Crippen molar-refractivity contribution in [3.8, 4) is 22.9 Å². The minimum absolute atomic E-state index is 0.299. The highest BCUT2D eigenvalue weighted by molar-refractivity contribution is 5.85. The van der Waals surface area contributed by atoms with E-state index in [4.69, 9.17) is 10.5 Å². The molecule has 0 atom stereocenters. The molecule has 9 nitrogen and oxygen atoms in total. The Balaban J connectivity index is 1.41. The fourth-order valence-corrected chi connectivity index (χ4v) is 3.84. The average molecular weight is 429 g/mol. The molecule has 0 saturated carbocycles. The molecule has 5 heterocycles. The maximum absolute atomic E-state index is 9.55. The van der Waals surface area contributed by atoms with Crippen molar-refractivity contribution in [2.45, 2.75) is 19.9 Å². The lowest BCUT2D eigenvalue weighted by Crippen LogP contribution is -2.48. The minimum Gasteiger partial charge on any atom is -0.492 e. The summed E-state index contributed by atoms with van der Waals surface area (Å²) < 4.78 is 9.54. The summed E-state index contributed by atoms with van der Waals surface area (Å²) in [6.07, 6.45) is 7.14. The van der Waals surface area contributed by atoms with Crippen LogP contribution in [0.15, 0.2) is 49.1 Å². The Morgan fingerprint density at radius 1 is 1.25 bits per heavy atom. The molecule has 0 unspecified atom stereocenters. The summed E-state index contributed by atoms with van der Waals surface area (Å²) in [6.45, 7) is 6.47. The van der Waals surface area contributed by atoms with Gasteiger partial charge < -0.3 is 15.4 Å². The molecule has 0 bridgehead atoms. The molecule has 0 radical (unpaired) electrons. The van der Waals surface area contributed by atoms with Crippen LogP contribution in [0.25, 0.3) is 16.6 Å². The van der Waals surface area contributed by atoms with Gasteiger partial charge in [-0.15, -0.1) is 0 Å². The van der Waals surface area contributed by atoms with Gasteiger partial charge >= 0.3 is 0 Å². The van der Waals surface area contributed by atoms with Gasteiger partial charge in [0.2, 0.25) is 0 Å². The van der Waals surface area contributed by atoms with Crippen molar-refractivity contribution in [1.82, 2.24) is 24.4 Å². The van der Waals surface area contributed by atoms with Crippen LogP contribution < -0.4 is 15.4 Å². The summed E-state index contributed by atoms with van der Waals surface area (Å²) in [4.78, 5) is 6.88. The zero-order valence-electron chi connectivity index (χ0n) is 18.0. The number of hydrogen-bond donors (Lipinski definition) is 1. The number of pyridine rings is 2. The van der Waals surface area contributed by atoms with E-state index in [0.29, 0.717) is 35.7 Å². The minimum atomic E-state index is 0.299. The molecular formula is C23H24N8O. The van der Waals surface area contributed by atoms with Crippen LogP contribution in [0.1, 0.15) is 25.5 Å². The molecule has 162 valence electrons. The van der Waals surface area contributed by atoms with Gasteiger partial charge in [-0.05, 0) is 30.2 Å². The third kappa shape index (κ3) is 3.60. The Labute approximate surface area is 185 Å². The van der Waals surface area contributed by atoms with Crippen LogP contribution in [0, 0.1) is 17.2 Å². The SMILES string of the molecule is CC(C)COc1cc(-c2ccc(N3CC(n4ccc(N)n4)C3)nc2)c2c(C#N)cnn2c1. The summed E-state index contributed by atoms with van der Waals surface area (Å²) in [7, 11) is 0. The number of aromatic nitrogens is 5. The van der Waals surface area contributed by atoms with Crippen LogP contribution in [-0.2, 0) is 0 Å². The van der Waals surface area contributed by atoms with E-state index in [1.54, 1.807) is 16.8 Å². The number of nitriles is 1. The first-order chi connectivity index (χ1) is 15.5. The normalized spacial score (nSPS) is 14.0. The standard InChI is InChI=1S/C23H24N8O/c1-15(2)14-32-19-7-20(23-17(8-24)10-27-31(23)13-19)16-3-4-22(26-9-16)29-11-18(12-29)30-6-5-21(25)28-30/h3-7,9-10,13,15,18H,11-12,14H2,1-2H3,(H2,25,28). The van der Waals surface area contributed by atoms with Crippen LogP contribution in [-0.4, -0.2) is 44.1 Å². The van der Waals surface area contributed by atoms with Gasteiger partial charge in [-0.2, -0.15) is 15.5 Å². The Kier molecular flexibility index (Phi) is 4.90. The highest BCUT2D eigenvalue weighted by Crippen LogP contribution is 2.33. The molecule has 4 aromatic rings. The topological polar surface area (TPSA) is 110 Å². The number of anilines is 2. The maximum atomic E-state index is 9.55. The van der Waals surface area contributed by atoms with Gasteiger partial charge in [0, 0.05) is 36.6 Å². The molecular weight excluding hydrogens is 404 g/mol. The van der Waals surface area contributed by atoms with E-state index in [1.807, 2.05) is 41.5 Å². The lowest BCUT2D eigenvalue weighted by atomic mass is 10.0. The zero-order valence-corrected chi connectivity index (χ0v) is 18.0. The Morgan fingerprint density at radius 2 is 2.09 bits per heavy atom. The quantitative estimate of drug-likeness (QED) is 0.502. The molecule has 0 amide bonds. The van der Waals surface area contributed by atoms with Crippen LogP contribution in [0.3, 0.4) is 0 Å². The fraction of sp³-hybridized carbons (Fsp3) is 0.304. The Morgan fingerprint density at radius 3 is 2.75 bits per heavy atom. The molecule has 1 aliphatic heterocycles. The van der Waals surface area contributed by atoms with E-state index < -0.39 is 0 Å². The van der Waals surface area contributed by atoms with E-state index in [1.165, 1.54) is 0 Å². The summed E-state index contributed by atoms with van der Waals surface area (Å²) in [5.41, 5.74) is 8.76. The van der Waals surface area contributed by atoms with Gasteiger partial charge in [-0.3, -0.25) is 4.68 Å². The van der Waals surface area contributed by atoms with Crippen molar-refractivity contribution in [2.75, 3.05) is 30.3 Å². The number of rotatable bonds is 6. The molecule has 32 heavy (non-hydrogen) atoms. The second-order valence-electron chi connectivity index (χ2n) is 8.44. The van der Waals surface area contributed by atoms with Crippen molar-refractivity contribution in [2.24, 2.45) is 5.92 Å². The molecule has 9 heteroatoms. The van der Waals surface area contributed by atoms with Gasteiger partial charge in [0.05, 0.1) is 36.1 Å². The lowest BCUT2D eigenvalue weighted by Gasteiger charge is -2.40. The fourth-order valence-electron chi connectivity index (χ4n) is 3.84. The molecule has 0 aliphatic carbocycles. The molecule has 2 N–H and O–H groups in total. The molecule has 1 saturated heterocycles. The van der Waals surface area contributed by atoms with Crippen molar-refractivity contribution < 1.29 is 4.74 Å². The zero-order chi connectivity index (χ0) is 22.2. The van der Waals surface area contributed by atoms with E-state index in [2.05, 4.69) is 40.0 Å². The lowest BCUT2D eigenvalue weighted by molar-refractivity contribution is 0.270. The predicted octanol–water partition coefficient (Wildman–Crippen LogP) is 3.14. The van der Waals surface area contributed by atoms with Crippen molar-refractivity contribution >= 4 is 17.2 Å². The average Bonchev–Trinajstić information content (AvgIpc) is 3.37.